The highest BCUT2D eigenvalue weighted by Gasteiger charge is 2.10. The molecule has 5 nitrogen and oxygen atoms in total. The molecule has 26 heavy (non-hydrogen) atoms. The van der Waals surface area contributed by atoms with Gasteiger partial charge in [-0.25, -0.2) is 9.98 Å². The number of thiazole rings is 1. The number of hydrogen-bond donors (Lipinski definition) is 0. The number of fused-ring (bicyclic) bond motifs is 1. The normalized spacial score (nSPS) is 11.7. The molecular formula is C20H16N2O3S. The van der Waals surface area contributed by atoms with Crippen LogP contribution in [0.2, 0.25) is 0 Å². The summed E-state index contributed by atoms with van der Waals surface area (Å²) in [6.07, 6.45) is 1.74. The first-order valence-electron chi connectivity index (χ1n) is 7.98. The van der Waals surface area contributed by atoms with Crippen molar-refractivity contribution in [2.75, 3.05) is 14.2 Å². The third-order valence-electron chi connectivity index (χ3n) is 3.95. The van der Waals surface area contributed by atoms with E-state index in [0.29, 0.717) is 22.4 Å². The fourth-order valence-corrected chi connectivity index (χ4v) is 3.23. The molecule has 0 fully saturated rings. The van der Waals surface area contributed by atoms with Gasteiger partial charge in [-0.15, -0.1) is 11.3 Å². The van der Waals surface area contributed by atoms with Crippen LogP contribution in [0.3, 0.4) is 0 Å². The van der Waals surface area contributed by atoms with E-state index in [1.807, 2.05) is 53.9 Å². The summed E-state index contributed by atoms with van der Waals surface area (Å²) in [6.45, 7) is 0. The molecule has 0 saturated carbocycles. The molecule has 0 radical (unpaired) electrons. The lowest BCUT2D eigenvalue weighted by atomic mass is 10.1. The molecule has 2 heterocycles. The van der Waals surface area contributed by atoms with E-state index in [9.17, 15) is 0 Å². The Labute approximate surface area is 154 Å². The molecule has 0 aliphatic heterocycles. The van der Waals surface area contributed by atoms with E-state index in [1.165, 1.54) is 11.3 Å². The van der Waals surface area contributed by atoms with Gasteiger partial charge in [-0.2, -0.15) is 0 Å². The van der Waals surface area contributed by atoms with Crippen LogP contribution in [0.25, 0.3) is 22.3 Å². The van der Waals surface area contributed by atoms with Crippen LogP contribution >= 0.6 is 11.3 Å². The second kappa shape index (κ2) is 7.01. The molecule has 6 heteroatoms. The van der Waals surface area contributed by atoms with Gasteiger partial charge >= 0.3 is 0 Å². The fraction of sp³-hybridized carbons (Fsp3) is 0.100. The number of nitrogens with zero attached hydrogens (tertiary/aromatic N) is 2. The Morgan fingerprint density at radius 3 is 2.62 bits per heavy atom. The van der Waals surface area contributed by atoms with E-state index in [4.69, 9.17) is 13.9 Å². The average Bonchev–Trinajstić information content (AvgIpc) is 3.20. The smallest absolute Gasteiger partial charge is 0.209 e. The summed E-state index contributed by atoms with van der Waals surface area (Å²) < 4.78 is 16.8. The summed E-state index contributed by atoms with van der Waals surface area (Å²) in [4.78, 5) is 8.94. The molecule has 4 aromatic rings. The van der Waals surface area contributed by atoms with E-state index in [-0.39, 0.29) is 0 Å². The van der Waals surface area contributed by atoms with Crippen LogP contribution in [0.1, 0.15) is 0 Å². The van der Waals surface area contributed by atoms with Gasteiger partial charge in [0.25, 0.3) is 0 Å². The highest BCUT2D eigenvalue weighted by atomic mass is 32.1. The molecular weight excluding hydrogens is 348 g/mol. The Morgan fingerprint density at radius 1 is 1.00 bits per heavy atom. The molecule has 0 unspecified atom stereocenters. The van der Waals surface area contributed by atoms with Gasteiger partial charge < -0.3 is 13.9 Å². The van der Waals surface area contributed by atoms with Crippen LogP contribution in [0, 0.1) is 0 Å². The SMILES string of the molecule is COc1ccc(-c2cc(=Nc3nccs3)c3ccccc3o2)cc1OC. The van der Waals surface area contributed by atoms with Crippen LogP contribution in [-0.2, 0) is 0 Å². The molecule has 0 spiro atoms. The first-order chi connectivity index (χ1) is 12.8. The van der Waals surface area contributed by atoms with Crippen molar-refractivity contribution in [3.8, 4) is 22.8 Å². The van der Waals surface area contributed by atoms with Crippen molar-refractivity contribution >= 4 is 27.4 Å². The first-order valence-corrected chi connectivity index (χ1v) is 8.86. The Balaban J connectivity index is 1.94. The van der Waals surface area contributed by atoms with E-state index in [1.54, 1.807) is 20.4 Å². The van der Waals surface area contributed by atoms with E-state index < -0.39 is 0 Å². The van der Waals surface area contributed by atoms with E-state index >= 15 is 0 Å². The molecule has 4 rings (SSSR count). The zero-order valence-corrected chi connectivity index (χ0v) is 15.1. The summed E-state index contributed by atoms with van der Waals surface area (Å²) in [5.41, 5.74) is 1.64. The maximum Gasteiger partial charge on any atom is 0.209 e. The van der Waals surface area contributed by atoms with Gasteiger partial charge in [0, 0.05) is 28.6 Å². The molecule has 0 bridgehead atoms. The summed E-state index contributed by atoms with van der Waals surface area (Å²) in [7, 11) is 3.23. The average molecular weight is 364 g/mol. The van der Waals surface area contributed by atoms with Crippen LogP contribution in [0.4, 0.5) is 5.13 Å². The minimum Gasteiger partial charge on any atom is -0.493 e. The summed E-state index contributed by atoms with van der Waals surface area (Å²) >= 11 is 1.49. The molecule has 130 valence electrons. The van der Waals surface area contributed by atoms with Gasteiger partial charge in [-0.05, 0) is 30.3 Å². The second-order valence-electron chi connectivity index (χ2n) is 5.49. The Kier molecular flexibility index (Phi) is 4.41. The summed E-state index contributed by atoms with van der Waals surface area (Å²) in [6, 6.07) is 15.4. The lowest BCUT2D eigenvalue weighted by Crippen LogP contribution is -2.03. The van der Waals surface area contributed by atoms with Crippen molar-refractivity contribution in [1.29, 1.82) is 0 Å². The van der Waals surface area contributed by atoms with Crippen LogP contribution in [-0.4, -0.2) is 19.2 Å². The molecule has 0 amide bonds. The van der Waals surface area contributed by atoms with Gasteiger partial charge in [0.2, 0.25) is 5.13 Å². The van der Waals surface area contributed by atoms with Crippen LogP contribution in [0.5, 0.6) is 11.5 Å². The third kappa shape index (κ3) is 3.07. The highest BCUT2D eigenvalue weighted by Crippen LogP contribution is 2.32. The van der Waals surface area contributed by atoms with Crippen molar-refractivity contribution in [2.24, 2.45) is 4.99 Å². The maximum absolute atomic E-state index is 6.11. The second-order valence-corrected chi connectivity index (χ2v) is 6.36. The quantitative estimate of drug-likeness (QED) is 0.522. The molecule has 0 N–H and O–H groups in total. The standard InChI is InChI=1S/C20H16N2O3S/c1-23-17-8-7-13(11-19(17)24-2)18-12-15(22-20-21-9-10-26-20)14-5-3-4-6-16(14)25-18/h3-12H,1-2H3. The number of benzene rings is 2. The van der Waals surface area contributed by atoms with Crippen molar-refractivity contribution in [2.45, 2.75) is 0 Å². The maximum atomic E-state index is 6.11. The Morgan fingerprint density at radius 2 is 1.85 bits per heavy atom. The molecule has 2 aromatic heterocycles. The minimum atomic E-state index is 0.645. The molecule has 2 aromatic carbocycles. The van der Waals surface area contributed by atoms with Gasteiger partial charge in [-0.1, -0.05) is 12.1 Å². The van der Waals surface area contributed by atoms with E-state index in [0.717, 1.165) is 21.9 Å². The fourth-order valence-electron chi connectivity index (χ4n) is 2.72. The molecule has 0 aliphatic rings. The van der Waals surface area contributed by atoms with Crippen LogP contribution < -0.4 is 14.8 Å². The number of para-hydroxylation sites is 1. The zero-order valence-electron chi connectivity index (χ0n) is 14.3. The van der Waals surface area contributed by atoms with Crippen molar-refractivity contribution in [1.82, 2.24) is 4.98 Å². The summed E-state index contributed by atoms with van der Waals surface area (Å²) in [5, 5.41) is 4.36. The minimum absolute atomic E-state index is 0.645. The number of methoxy groups -OCH3 is 2. The topological polar surface area (TPSA) is 56.9 Å². The monoisotopic (exact) mass is 364 g/mol. The van der Waals surface area contributed by atoms with Gasteiger partial charge in [-0.3, -0.25) is 0 Å². The van der Waals surface area contributed by atoms with Crippen molar-refractivity contribution < 1.29 is 13.9 Å². The van der Waals surface area contributed by atoms with Gasteiger partial charge in [0.15, 0.2) is 11.5 Å². The number of ether oxygens (including phenoxy) is 2. The Bertz CT molecular complexity index is 1120. The third-order valence-corrected chi connectivity index (χ3v) is 4.62. The van der Waals surface area contributed by atoms with E-state index in [2.05, 4.69) is 9.98 Å². The largest absolute Gasteiger partial charge is 0.493 e. The predicted molar refractivity (Wildman–Crippen MR) is 102 cm³/mol. The summed E-state index contributed by atoms with van der Waals surface area (Å²) in [5.74, 6) is 2.01. The van der Waals surface area contributed by atoms with Crippen LogP contribution in [0.15, 0.2) is 69.5 Å². The first kappa shape index (κ1) is 16.4. The lowest BCUT2D eigenvalue weighted by Gasteiger charge is -2.10. The predicted octanol–water partition coefficient (Wildman–Crippen LogP) is 4.81. The highest BCUT2D eigenvalue weighted by molar-refractivity contribution is 7.13. The Hall–Kier alpha value is -3.12. The van der Waals surface area contributed by atoms with Crippen molar-refractivity contribution in [3.05, 3.63) is 65.5 Å². The molecule has 0 saturated heterocycles. The van der Waals surface area contributed by atoms with Crippen molar-refractivity contribution in [3.63, 3.8) is 0 Å². The molecule has 0 aliphatic carbocycles. The number of aromatic nitrogens is 1. The zero-order chi connectivity index (χ0) is 17.9. The number of hydrogen-bond acceptors (Lipinski definition) is 6. The molecule has 0 atom stereocenters. The lowest BCUT2D eigenvalue weighted by molar-refractivity contribution is 0.355. The number of rotatable bonds is 4. The van der Waals surface area contributed by atoms with Gasteiger partial charge in [0.1, 0.15) is 11.3 Å². The van der Waals surface area contributed by atoms with Gasteiger partial charge in [0.05, 0.1) is 19.6 Å².